The van der Waals surface area contributed by atoms with Gasteiger partial charge >= 0.3 is 0 Å². The average Bonchev–Trinajstić information content (AvgIpc) is 2.92. The molecule has 2 rings (SSSR count). The van der Waals surface area contributed by atoms with Crippen LogP contribution in [0.15, 0.2) is 36.0 Å². The average molecular weight is 280 g/mol. The van der Waals surface area contributed by atoms with E-state index in [1.54, 1.807) is 0 Å². The molecule has 2 aromatic rings. The number of hydrogen-bond acceptors (Lipinski definition) is 4. The van der Waals surface area contributed by atoms with Crippen molar-refractivity contribution in [3.63, 3.8) is 0 Å². The lowest BCUT2D eigenvalue weighted by atomic mass is 10.1. The van der Waals surface area contributed by atoms with Crippen LogP contribution in [0.1, 0.15) is 27.7 Å². The number of amides is 1. The van der Waals surface area contributed by atoms with Gasteiger partial charge in [-0.2, -0.15) is 0 Å². The van der Waals surface area contributed by atoms with E-state index in [4.69, 9.17) is 5.11 Å². The Morgan fingerprint density at radius 2 is 2.37 bits per heavy atom. The van der Waals surface area contributed by atoms with E-state index in [0.29, 0.717) is 6.42 Å². The molecule has 6 heteroatoms. The smallest absolute Gasteiger partial charge is 0.254 e. The second-order valence-corrected chi connectivity index (χ2v) is 4.89. The maximum atomic E-state index is 13.4. The van der Waals surface area contributed by atoms with Gasteiger partial charge in [-0.1, -0.05) is 6.07 Å². The molecule has 1 amide bonds. The maximum absolute atomic E-state index is 13.4. The van der Waals surface area contributed by atoms with Crippen LogP contribution in [-0.4, -0.2) is 22.6 Å². The number of halogens is 1. The molecule has 4 nitrogen and oxygen atoms in total. The number of nitrogens with zero attached hydrogens (tertiary/aromatic N) is 1. The summed E-state index contributed by atoms with van der Waals surface area (Å²) in [6.07, 6.45) is 2.75. The molecule has 0 aromatic carbocycles. The number of rotatable bonds is 5. The summed E-state index contributed by atoms with van der Waals surface area (Å²) < 4.78 is 13.4. The summed E-state index contributed by atoms with van der Waals surface area (Å²) in [7, 11) is 0. The van der Waals surface area contributed by atoms with Gasteiger partial charge in [0.2, 0.25) is 0 Å². The van der Waals surface area contributed by atoms with E-state index in [-0.39, 0.29) is 18.2 Å². The predicted octanol–water partition coefficient (Wildman–Crippen LogP) is 2.14. The predicted molar refractivity (Wildman–Crippen MR) is 70.4 cm³/mol. The molecule has 0 fully saturated rings. The van der Waals surface area contributed by atoms with Crippen molar-refractivity contribution in [1.82, 2.24) is 10.3 Å². The Morgan fingerprint density at radius 1 is 1.53 bits per heavy atom. The number of aliphatic hydroxyl groups is 1. The van der Waals surface area contributed by atoms with Gasteiger partial charge in [0.15, 0.2) is 5.82 Å². The lowest BCUT2D eigenvalue weighted by Gasteiger charge is -2.16. The van der Waals surface area contributed by atoms with Crippen LogP contribution in [0.2, 0.25) is 0 Å². The van der Waals surface area contributed by atoms with Gasteiger partial charge in [-0.25, -0.2) is 4.39 Å². The standard InChI is InChI=1S/C13H13FN2O2S/c14-10-8-15-5-3-9(10)13(18)16-11(4-6-17)12-2-1-7-19-12/h1-3,5,7-8,11,17H,4,6H2,(H,16,18)/t11-/m1/s1. The van der Waals surface area contributed by atoms with Crippen LogP contribution in [0.4, 0.5) is 4.39 Å². The Kier molecular flexibility index (Phi) is 4.59. The Balaban J connectivity index is 2.14. The normalized spacial score (nSPS) is 12.1. The molecular weight excluding hydrogens is 267 g/mol. The summed E-state index contributed by atoms with van der Waals surface area (Å²) >= 11 is 1.48. The van der Waals surface area contributed by atoms with Crippen LogP contribution in [0.25, 0.3) is 0 Å². The number of pyridine rings is 1. The first kappa shape index (κ1) is 13.6. The summed E-state index contributed by atoms with van der Waals surface area (Å²) in [5.74, 6) is -1.17. The zero-order valence-corrected chi connectivity index (χ0v) is 10.9. The molecule has 0 spiro atoms. The topological polar surface area (TPSA) is 62.2 Å². The van der Waals surface area contributed by atoms with Gasteiger partial charge in [-0.3, -0.25) is 9.78 Å². The van der Waals surface area contributed by atoms with E-state index in [1.807, 2.05) is 17.5 Å². The second kappa shape index (κ2) is 6.40. The molecule has 0 bridgehead atoms. The highest BCUT2D eigenvalue weighted by Gasteiger charge is 2.18. The zero-order chi connectivity index (χ0) is 13.7. The molecule has 0 aliphatic carbocycles. The van der Waals surface area contributed by atoms with Gasteiger partial charge in [0, 0.05) is 17.7 Å². The monoisotopic (exact) mass is 280 g/mol. The highest BCUT2D eigenvalue weighted by Crippen LogP contribution is 2.22. The summed E-state index contributed by atoms with van der Waals surface area (Å²) in [6.45, 7) is -0.0539. The Hall–Kier alpha value is -1.79. The first-order chi connectivity index (χ1) is 9.22. The lowest BCUT2D eigenvalue weighted by molar-refractivity contribution is 0.0926. The van der Waals surface area contributed by atoms with Crippen LogP contribution in [0.3, 0.4) is 0 Å². The van der Waals surface area contributed by atoms with Crippen molar-refractivity contribution in [2.75, 3.05) is 6.61 Å². The summed E-state index contributed by atoms with van der Waals surface area (Å²) in [5, 5.41) is 13.7. The third kappa shape index (κ3) is 3.36. The number of thiophene rings is 1. The van der Waals surface area contributed by atoms with E-state index in [1.165, 1.54) is 23.6 Å². The van der Waals surface area contributed by atoms with Crippen LogP contribution in [0.5, 0.6) is 0 Å². The molecule has 0 aliphatic rings. The summed E-state index contributed by atoms with van der Waals surface area (Å²) in [6, 6.07) is 4.75. The molecule has 2 N–H and O–H groups in total. The minimum Gasteiger partial charge on any atom is -0.396 e. The van der Waals surface area contributed by atoms with Gasteiger partial charge in [0.25, 0.3) is 5.91 Å². The maximum Gasteiger partial charge on any atom is 0.254 e. The summed E-state index contributed by atoms with van der Waals surface area (Å²) in [5.41, 5.74) is -0.0468. The molecule has 0 aliphatic heterocycles. The molecule has 0 saturated carbocycles. The van der Waals surface area contributed by atoms with Crippen molar-refractivity contribution in [3.8, 4) is 0 Å². The number of nitrogens with one attached hydrogen (secondary N) is 1. The molecule has 2 heterocycles. The Bertz CT molecular complexity index is 545. The van der Waals surface area contributed by atoms with Crippen molar-refractivity contribution in [3.05, 3.63) is 52.2 Å². The van der Waals surface area contributed by atoms with Crippen molar-refractivity contribution in [2.45, 2.75) is 12.5 Å². The van der Waals surface area contributed by atoms with Gasteiger partial charge < -0.3 is 10.4 Å². The highest BCUT2D eigenvalue weighted by molar-refractivity contribution is 7.10. The largest absolute Gasteiger partial charge is 0.396 e. The fourth-order valence-electron chi connectivity index (χ4n) is 1.70. The van der Waals surface area contributed by atoms with Crippen molar-refractivity contribution < 1.29 is 14.3 Å². The SMILES string of the molecule is O=C(N[C@H](CCO)c1cccs1)c1ccncc1F. The first-order valence-electron chi connectivity index (χ1n) is 5.77. The molecule has 100 valence electrons. The van der Waals surface area contributed by atoms with Crippen molar-refractivity contribution in [1.29, 1.82) is 0 Å². The minimum absolute atomic E-state index is 0.0468. The van der Waals surface area contributed by atoms with Gasteiger partial charge in [0.1, 0.15) is 0 Å². The molecule has 0 saturated heterocycles. The number of carbonyl (C=O) groups is 1. The quantitative estimate of drug-likeness (QED) is 0.882. The molecule has 19 heavy (non-hydrogen) atoms. The van der Waals surface area contributed by atoms with E-state index in [2.05, 4.69) is 10.3 Å². The lowest BCUT2D eigenvalue weighted by Crippen LogP contribution is -2.29. The molecule has 0 radical (unpaired) electrons. The van der Waals surface area contributed by atoms with Crippen LogP contribution in [0, 0.1) is 5.82 Å². The fraction of sp³-hybridized carbons (Fsp3) is 0.231. The van der Waals surface area contributed by atoms with Gasteiger partial charge in [-0.05, 0) is 23.9 Å². The van der Waals surface area contributed by atoms with E-state index in [9.17, 15) is 9.18 Å². The molecular formula is C13H13FN2O2S. The number of aliphatic hydroxyl groups excluding tert-OH is 1. The highest BCUT2D eigenvalue weighted by atomic mass is 32.1. The second-order valence-electron chi connectivity index (χ2n) is 3.91. The van der Waals surface area contributed by atoms with E-state index in [0.717, 1.165) is 11.1 Å². The molecule has 0 unspecified atom stereocenters. The minimum atomic E-state index is -0.658. The van der Waals surface area contributed by atoms with E-state index >= 15 is 0 Å². The van der Waals surface area contributed by atoms with Crippen LogP contribution < -0.4 is 5.32 Å². The van der Waals surface area contributed by atoms with Gasteiger partial charge in [0.05, 0.1) is 17.8 Å². The van der Waals surface area contributed by atoms with Crippen LogP contribution in [-0.2, 0) is 0 Å². The van der Waals surface area contributed by atoms with E-state index < -0.39 is 11.7 Å². The first-order valence-corrected chi connectivity index (χ1v) is 6.65. The third-order valence-corrected chi connectivity index (χ3v) is 3.61. The Labute approximate surface area is 113 Å². The Morgan fingerprint density at radius 3 is 3.00 bits per heavy atom. The fourth-order valence-corrected chi connectivity index (χ4v) is 2.51. The number of aromatic nitrogens is 1. The van der Waals surface area contributed by atoms with Gasteiger partial charge in [-0.15, -0.1) is 11.3 Å². The molecule has 1 atom stereocenters. The zero-order valence-electron chi connectivity index (χ0n) is 10.0. The molecule has 2 aromatic heterocycles. The summed E-state index contributed by atoms with van der Waals surface area (Å²) in [4.78, 5) is 16.5. The van der Waals surface area contributed by atoms with Crippen molar-refractivity contribution in [2.24, 2.45) is 0 Å². The third-order valence-electron chi connectivity index (χ3n) is 2.63. The van der Waals surface area contributed by atoms with Crippen molar-refractivity contribution >= 4 is 17.2 Å². The number of hydrogen-bond donors (Lipinski definition) is 2. The number of carbonyl (C=O) groups excluding carboxylic acids is 1. The van der Waals surface area contributed by atoms with Crippen LogP contribution >= 0.6 is 11.3 Å².